The molecule has 3 aliphatic rings. The number of amides is 1. The van der Waals surface area contributed by atoms with Crippen molar-refractivity contribution in [3.63, 3.8) is 0 Å². The van der Waals surface area contributed by atoms with Crippen molar-refractivity contribution >= 4 is 36.0 Å². The molecular weight excluding hydrogens is 841 g/mol. The lowest BCUT2D eigenvalue weighted by molar-refractivity contribution is -0.300. The number of hydrogen-bond acceptors (Lipinski definition) is 16. The SMILES string of the molecule is CC[C@H]1OC(=O)[C@H](C)[C@@H](OC(=O)C(C)C)[C@H](C)[C@@H](O[C@@H]2O[C@H](C)C[C@H](N(C)C)[C@H]2O)[C@](C)(OC(=O)OCC=Cc2ccc(-c3cccnn3)cc2)C[C@@H](C)C(=O)[C@H](C)[C@H]2NC(=O)O[C@@]21C. The fourth-order valence-electron chi connectivity index (χ4n) is 9.45. The lowest BCUT2D eigenvalue weighted by atomic mass is 9.73. The first-order chi connectivity index (χ1) is 30.6. The van der Waals surface area contributed by atoms with Crippen LogP contribution in [0.25, 0.3) is 17.3 Å². The number of aliphatic hydroxyl groups is 1. The van der Waals surface area contributed by atoms with Gasteiger partial charge in [0.1, 0.15) is 42.4 Å². The van der Waals surface area contributed by atoms with Gasteiger partial charge in [0.25, 0.3) is 0 Å². The first-order valence-electron chi connectivity index (χ1n) is 22.6. The van der Waals surface area contributed by atoms with E-state index < -0.39 is 108 Å². The van der Waals surface area contributed by atoms with Crippen molar-refractivity contribution in [1.29, 1.82) is 0 Å². The van der Waals surface area contributed by atoms with Crippen molar-refractivity contribution < 1.29 is 62.2 Å². The molecule has 1 aromatic carbocycles. The molecule has 1 amide bonds. The lowest BCUT2D eigenvalue weighted by Gasteiger charge is -2.48. The number of carbonyl (C=O) groups excluding carboxylic acids is 5. The van der Waals surface area contributed by atoms with E-state index in [0.29, 0.717) is 6.42 Å². The summed E-state index contributed by atoms with van der Waals surface area (Å²) in [5, 5.41) is 22.6. The second kappa shape index (κ2) is 21.6. The summed E-state index contributed by atoms with van der Waals surface area (Å²) < 4.78 is 43.1. The fourth-order valence-corrected chi connectivity index (χ4v) is 9.45. The zero-order valence-corrected chi connectivity index (χ0v) is 39.7. The Hall–Kier alpha value is -4.97. The zero-order chi connectivity index (χ0) is 48.0. The Kier molecular flexibility index (Phi) is 16.9. The number of esters is 2. The third-order valence-electron chi connectivity index (χ3n) is 13.1. The fraction of sp³-hybridized carbons (Fsp3) is 0.646. The highest BCUT2D eigenvalue weighted by Gasteiger charge is 2.58. The number of alkyl carbamates (subject to hydrolysis) is 1. The summed E-state index contributed by atoms with van der Waals surface area (Å²) in [6.45, 7) is 16.5. The largest absolute Gasteiger partial charge is 0.509 e. The molecule has 2 aromatic rings. The van der Waals surface area contributed by atoms with E-state index in [4.69, 9.17) is 33.2 Å². The Bertz CT molecular complexity index is 2000. The molecule has 0 radical (unpaired) electrons. The molecule has 3 aliphatic heterocycles. The Morgan fingerprint density at radius 2 is 1.72 bits per heavy atom. The molecular formula is C48H68N4O13. The third kappa shape index (κ3) is 11.9. The van der Waals surface area contributed by atoms with Crippen LogP contribution in [-0.4, -0.2) is 131 Å². The van der Waals surface area contributed by atoms with Gasteiger partial charge in [-0.3, -0.25) is 14.4 Å². The summed E-state index contributed by atoms with van der Waals surface area (Å²) in [5.74, 6) is -6.27. The normalized spacial score (nSPS) is 34.8. The summed E-state index contributed by atoms with van der Waals surface area (Å²) in [5.41, 5.74) is -0.840. The summed E-state index contributed by atoms with van der Waals surface area (Å²) in [4.78, 5) is 71.3. The number of nitrogens with zero attached hydrogens (tertiary/aromatic N) is 3. The molecule has 2 N–H and O–H groups in total. The molecule has 17 nitrogen and oxygen atoms in total. The molecule has 0 aliphatic carbocycles. The summed E-state index contributed by atoms with van der Waals surface area (Å²) >= 11 is 0. The number of fused-ring (bicyclic) bond motifs is 1. The van der Waals surface area contributed by atoms with Gasteiger partial charge >= 0.3 is 24.2 Å². The van der Waals surface area contributed by atoms with Gasteiger partial charge in [-0.1, -0.05) is 71.9 Å². The van der Waals surface area contributed by atoms with Gasteiger partial charge in [-0.25, -0.2) is 9.59 Å². The molecule has 4 heterocycles. The Morgan fingerprint density at radius 3 is 2.34 bits per heavy atom. The minimum absolute atomic E-state index is 0.178. The van der Waals surface area contributed by atoms with Crippen LogP contribution in [0.1, 0.15) is 94.1 Å². The van der Waals surface area contributed by atoms with Gasteiger partial charge in [-0.2, -0.15) is 10.2 Å². The second-order valence-corrected chi connectivity index (χ2v) is 18.8. The maximum atomic E-state index is 14.6. The molecule has 3 fully saturated rings. The molecule has 0 saturated carbocycles. The van der Waals surface area contributed by atoms with Crippen molar-refractivity contribution in [2.75, 3.05) is 20.7 Å². The Labute approximate surface area is 382 Å². The summed E-state index contributed by atoms with van der Waals surface area (Å²) in [6.07, 6.45) is -2.86. The number of ketones is 1. The van der Waals surface area contributed by atoms with E-state index >= 15 is 0 Å². The number of likely N-dealkylation sites (N-methyl/N-ethyl adjacent to an activating group) is 1. The monoisotopic (exact) mass is 908 g/mol. The quantitative estimate of drug-likeness (QED) is 0.191. The lowest BCUT2D eigenvalue weighted by Crippen LogP contribution is -2.61. The van der Waals surface area contributed by atoms with Gasteiger partial charge in [0, 0.05) is 35.6 Å². The first kappa shape index (κ1) is 51.0. The van der Waals surface area contributed by atoms with Crippen LogP contribution in [0.2, 0.25) is 0 Å². The predicted octanol–water partition coefficient (Wildman–Crippen LogP) is 6.15. The number of carbonyl (C=O) groups is 5. The van der Waals surface area contributed by atoms with Gasteiger partial charge in [0.2, 0.25) is 0 Å². The van der Waals surface area contributed by atoms with Crippen molar-refractivity contribution in [3.05, 3.63) is 54.2 Å². The van der Waals surface area contributed by atoms with E-state index in [-0.39, 0.29) is 31.3 Å². The maximum Gasteiger partial charge on any atom is 0.509 e. The molecule has 5 rings (SSSR count). The first-order valence-corrected chi connectivity index (χ1v) is 22.6. The highest BCUT2D eigenvalue weighted by atomic mass is 16.8. The van der Waals surface area contributed by atoms with Gasteiger partial charge in [-0.05, 0) is 84.8 Å². The number of cyclic esters (lactones) is 1. The minimum Gasteiger partial charge on any atom is -0.461 e. The highest BCUT2D eigenvalue weighted by Crippen LogP contribution is 2.42. The highest BCUT2D eigenvalue weighted by molar-refractivity contribution is 5.85. The molecule has 0 unspecified atom stereocenters. The van der Waals surface area contributed by atoms with E-state index in [1.54, 1.807) is 86.7 Å². The average molecular weight is 909 g/mol. The van der Waals surface area contributed by atoms with Gasteiger partial charge in [0.05, 0.1) is 29.7 Å². The number of aromatic nitrogens is 2. The van der Waals surface area contributed by atoms with Crippen LogP contribution < -0.4 is 5.32 Å². The molecule has 0 spiro atoms. The van der Waals surface area contributed by atoms with Crippen LogP contribution in [-0.2, 0) is 47.5 Å². The van der Waals surface area contributed by atoms with E-state index in [1.165, 1.54) is 0 Å². The molecule has 17 heteroatoms. The minimum atomic E-state index is -1.80. The average Bonchev–Trinajstić information content (AvgIpc) is 3.58. The number of Topliss-reactive ketones (excluding diaryl/α,β-unsaturated/α-hetero) is 1. The van der Waals surface area contributed by atoms with Crippen LogP contribution in [0.4, 0.5) is 9.59 Å². The number of nitrogens with one attached hydrogen (secondary N) is 1. The predicted molar refractivity (Wildman–Crippen MR) is 238 cm³/mol. The zero-order valence-electron chi connectivity index (χ0n) is 39.7. The molecule has 65 heavy (non-hydrogen) atoms. The number of ether oxygens (including phenoxy) is 7. The smallest absolute Gasteiger partial charge is 0.461 e. The van der Waals surface area contributed by atoms with E-state index in [2.05, 4.69) is 15.5 Å². The third-order valence-corrected chi connectivity index (χ3v) is 13.1. The number of aliphatic hydroxyl groups excluding tert-OH is 1. The van der Waals surface area contributed by atoms with E-state index in [1.807, 2.05) is 56.3 Å². The van der Waals surface area contributed by atoms with E-state index in [9.17, 15) is 29.1 Å². The topological polar surface area (TPSA) is 211 Å². The molecule has 3 saturated heterocycles. The molecule has 1 aromatic heterocycles. The molecule has 0 bridgehead atoms. The summed E-state index contributed by atoms with van der Waals surface area (Å²) in [7, 11) is 3.66. The number of benzene rings is 1. The van der Waals surface area contributed by atoms with Crippen LogP contribution in [0.3, 0.4) is 0 Å². The second-order valence-electron chi connectivity index (χ2n) is 18.8. The van der Waals surface area contributed by atoms with Crippen LogP contribution in [0.5, 0.6) is 0 Å². The summed E-state index contributed by atoms with van der Waals surface area (Å²) in [6, 6.07) is 9.89. The van der Waals surface area contributed by atoms with Crippen LogP contribution in [0, 0.1) is 29.6 Å². The maximum absolute atomic E-state index is 14.6. The van der Waals surface area contributed by atoms with Crippen LogP contribution >= 0.6 is 0 Å². The van der Waals surface area contributed by atoms with Gasteiger partial charge in [-0.15, -0.1) is 0 Å². The van der Waals surface area contributed by atoms with Crippen molar-refractivity contribution in [2.45, 2.75) is 149 Å². The molecule has 14 atom stereocenters. The standard InChI is InChI=1S/C48H68N4O13/c1-13-36-48(10)40(50-45(57)64-48)29(6)37(53)27(4)25-47(9,65-46(58)59-23-15-16-32-18-20-33(21-19-32)34-17-14-22-49-51-34)41(63-44-38(54)35(52(11)12)24-28(5)60-44)30(7)39(31(8)43(56)61-36)62-42(55)26(2)3/h14-22,26-31,35-36,38-41,44,54H,13,23-25H2,1-12H3,(H,50,57)/t27-,28-,29+,30+,31-,35+,36-,38-,39+,40-,41-,44+,47-,48-/m1/s1. The van der Waals surface area contributed by atoms with Crippen molar-refractivity contribution in [1.82, 2.24) is 20.4 Å². The number of hydrogen-bond donors (Lipinski definition) is 2. The van der Waals surface area contributed by atoms with Crippen molar-refractivity contribution in [3.8, 4) is 11.3 Å². The van der Waals surface area contributed by atoms with Crippen LogP contribution in [0.15, 0.2) is 48.7 Å². The van der Waals surface area contributed by atoms with Gasteiger partial charge in [0.15, 0.2) is 11.9 Å². The van der Waals surface area contributed by atoms with E-state index in [0.717, 1.165) is 16.8 Å². The molecule has 358 valence electrons. The Balaban J connectivity index is 1.56. The van der Waals surface area contributed by atoms with Crippen molar-refractivity contribution in [2.24, 2.45) is 29.6 Å². The van der Waals surface area contributed by atoms with Gasteiger partial charge < -0.3 is 48.5 Å². The number of rotatable bonds is 11. The Morgan fingerprint density at radius 1 is 1.03 bits per heavy atom.